The molecule has 0 saturated carbocycles. The first-order valence-electron chi connectivity index (χ1n) is 5.63. The maximum atomic E-state index is 11.7. The smallest absolute Gasteiger partial charge is 0.295 e. The van der Waals surface area contributed by atoms with Gasteiger partial charge in [-0.2, -0.15) is 13.1 Å². The Morgan fingerprint density at radius 3 is 2.39 bits per heavy atom. The molecule has 0 aliphatic carbocycles. The number of carbonyl (C=O) groups is 1. The predicted molar refractivity (Wildman–Crippen MR) is 72.0 cm³/mol. The molecule has 18 heavy (non-hydrogen) atoms. The summed E-state index contributed by atoms with van der Waals surface area (Å²) in [6, 6.07) is 4.73. The van der Waals surface area contributed by atoms with E-state index in [0.29, 0.717) is 11.3 Å². The molecule has 2 N–H and O–H groups in total. The number of aryl methyl sites for hydroxylation is 1. The molecule has 0 fully saturated rings. The molecule has 0 atom stereocenters. The minimum atomic E-state index is -3.61. The van der Waals surface area contributed by atoms with E-state index in [0.717, 1.165) is 5.56 Å². The third-order valence-corrected chi connectivity index (χ3v) is 3.55. The summed E-state index contributed by atoms with van der Waals surface area (Å²) in [7, 11) is -3.61. The van der Waals surface area contributed by atoms with E-state index < -0.39 is 10.2 Å². The number of hydrogen-bond donors (Lipinski definition) is 2. The van der Waals surface area contributed by atoms with Gasteiger partial charge in [-0.1, -0.05) is 12.1 Å². The van der Waals surface area contributed by atoms with E-state index in [1.807, 2.05) is 0 Å². The van der Waals surface area contributed by atoms with Crippen molar-refractivity contribution in [1.29, 1.82) is 0 Å². The van der Waals surface area contributed by atoms with E-state index in [9.17, 15) is 13.2 Å². The van der Waals surface area contributed by atoms with E-state index in [2.05, 4.69) is 9.44 Å². The maximum absolute atomic E-state index is 11.7. The van der Waals surface area contributed by atoms with Gasteiger partial charge in [0.05, 0.1) is 5.69 Å². The van der Waals surface area contributed by atoms with Crippen LogP contribution in [0, 0.1) is 6.92 Å². The summed E-state index contributed by atoms with van der Waals surface area (Å²) < 4.78 is 28.3. The van der Waals surface area contributed by atoms with Gasteiger partial charge in [0.25, 0.3) is 10.2 Å². The number of hydrogen-bond acceptors (Lipinski definition) is 3. The van der Waals surface area contributed by atoms with E-state index in [1.54, 1.807) is 32.9 Å². The molecule has 1 aromatic rings. The lowest BCUT2D eigenvalue weighted by Crippen LogP contribution is -2.35. The molecule has 0 spiro atoms. The minimum absolute atomic E-state index is 0.104. The number of Topliss-reactive ketones (excluding diaryl/α,β-unsaturated/α-hetero) is 1. The monoisotopic (exact) mass is 270 g/mol. The number of benzene rings is 1. The predicted octanol–water partition coefficient (Wildman–Crippen LogP) is 1.85. The molecule has 6 heteroatoms. The Morgan fingerprint density at radius 1 is 1.28 bits per heavy atom. The molecule has 0 heterocycles. The van der Waals surface area contributed by atoms with E-state index in [4.69, 9.17) is 0 Å². The molecule has 100 valence electrons. The van der Waals surface area contributed by atoms with E-state index in [-0.39, 0.29) is 11.8 Å². The average molecular weight is 270 g/mol. The van der Waals surface area contributed by atoms with Crippen LogP contribution >= 0.6 is 0 Å². The van der Waals surface area contributed by atoms with Crippen LogP contribution in [0.1, 0.15) is 36.7 Å². The first kappa shape index (κ1) is 14.7. The van der Waals surface area contributed by atoms with Crippen LogP contribution in [0.4, 0.5) is 5.69 Å². The molecule has 0 unspecified atom stereocenters. The highest BCUT2D eigenvalue weighted by molar-refractivity contribution is 7.90. The quantitative estimate of drug-likeness (QED) is 0.802. The zero-order valence-corrected chi connectivity index (χ0v) is 11.8. The van der Waals surface area contributed by atoms with Crippen molar-refractivity contribution in [3.63, 3.8) is 0 Å². The largest absolute Gasteiger partial charge is 0.299 e. The lowest BCUT2D eigenvalue weighted by atomic mass is 10.1. The van der Waals surface area contributed by atoms with Gasteiger partial charge in [0.15, 0.2) is 5.78 Å². The molecule has 0 aliphatic rings. The SMILES string of the molecule is CC(=O)c1ccc(C)c(NS(=O)(=O)NC(C)C)c1. The number of nitrogens with one attached hydrogen (secondary N) is 2. The van der Waals surface area contributed by atoms with Crippen LogP contribution in [0.25, 0.3) is 0 Å². The Hall–Kier alpha value is -1.40. The molecule has 0 aliphatic heterocycles. The second kappa shape index (κ2) is 5.49. The Morgan fingerprint density at radius 2 is 1.89 bits per heavy atom. The second-order valence-corrected chi connectivity index (χ2v) is 5.91. The molecule has 1 rings (SSSR count). The Labute approximate surface area is 108 Å². The molecule has 5 nitrogen and oxygen atoms in total. The molecule has 0 aromatic heterocycles. The van der Waals surface area contributed by atoms with Gasteiger partial charge in [-0.05, 0) is 39.3 Å². The standard InChI is InChI=1S/C12H18N2O3S/c1-8(2)13-18(16,17)14-12-7-11(10(4)15)6-5-9(12)3/h5-8,13-14H,1-4H3. The topological polar surface area (TPSA) is 75.3 Å². The van der Waals surface area contributed by atoms with Crippen molar-refractivity contribution in [3.05, 3.63) is 29.3 Å². The van der Waals surface area contributed by atoms with E-state index >= 15 is 0 Å². The lowest BCUT2D eigenvalue weighted by molar-refractivity contribution is 0.101. The summed E-state index contributed by atoms with van der Waals surface area (Å²) in [5.41, 5.74) is 1.65. The Balaban J connectivity index is 3.04. The van der Waals surface area contributed by atoms with Crippen LogP contribution in [0.3, 0.4) is 0 Å². The van der Waals surface area contributed by atoms with Crippen LogP contribution in [-0.2, 0) is 10.2 Å². The van der Waals surface area contributed by atoms with Crippen molar-refractivity contribution in [2.45, 2.75) is 33.7 Å². The normalized spacial score (nSPS) is 11.6. The van der Waals surface area contributed by atoms with Gasteiger partial charge in [0, 0.05) is 11.6 Å². The van der Waals surface area contributed by atoms with Crippen molar-refractivity contribution in [2.75, 3.05) is 4.72 Å². The average Bonchev–Trinajstić information content (AvgIpc) is 2.18. The maximum Gasteiger partial charge on any atom is 0.299 e. The van der Waals surface area contributed by atoms with Gasteiger partial charge in [0.1, 0.15) is 0 Å². The van der Waals surface area contributed by atoms with Crippen molar-refractivity contribution in [1.82, 2.24) is 4.72 Å². The van der Waals surface area contributed by atoms with Crippen LogP contribution in [-0.4, -0.2) is 20.2 Å². The molecule has 0 radical (unpaired) electrons. The molecule has 1 aromatic carbocycles. The van der Waals surface area contributed by atoms with E-state index in [1.165, 1.54) is 13.0 Å². The van der Waals surface area contributed by atoms with Crippen molar-refractivity contribution < 1.29 is 13.2 Å². The fraction of sp³-hybridized carbons (Fsp3) is 0.417. The van der Waals surface area contributed by atoms with Crippen molar-refractivity contribution in [2.24, 2.45) is 0 Å². The van der Waals surface area contributed by atoms with Crippen LogP contribution in [0.15, 0.2) is 18.2 Å². The van der Waals surface area contributed by atoms with Gasteiger partial charge in [-0.15, -0.1) is 0 Å². The van der Waals surface area contributed by atoms with Gasteiger partial charge in [0.2, 0.25) is 0 Å². The molecule has 0 amide bonds. The van der Waals surface area contributed by atoms with Crippen LogP contribution in [0.2, 0.25) is 0 Å². The number of ketones is 1. The first-order valence-corrected chi connectivity index (χ1v) is 7.11. The summed E-state index contributed by atoms with van der Waals surface area (Å²) in [5.74, 6) is -0.104. The zero-order valence-electron chi connectivity index (χ0n) is 10.9. The Kier molecular flexibility index (Phi) is 4.48. The van der Waals surface area contributed by atoms with Crippen LogP contribution < -0.4 is 9.44 Å². The zero-order chi connectivity index (χ0) is 13.9. The third kappa shape index (κ3) is 4.12. The molecular weight excluding hydrogens is 252 g/mol. The highest BCUT2D eigenvalue weighted by atomic mass is 32.2. The molecule has 0 saturated heterocycles. The van der Waals surface area contributed by atoms with Crippen LogP contribution in [0.5, 0.6) is 0 Å². The van der Waals surface area contributed by atoms with Gasteiger partial charge < -0.3 is 0 Å². The summed E-state index contributed by atoms with van der Waals surface area (Å²) in [4.78, 5) is 11.3. The summed E-state index contributed by atoms with van der Waals surface area (Å²) in [6.07, 6.45) is 0. The number of anilines is 1. The fourth-order valence-electron chi connectivity index (χ4n) is 1.44. The minimum Gasteiger partial charge on any atom is -0.295 e. The summed E-state index contributed by atoms with van der Waals surface area (Å²) in [5, 5.41) is 0. The molecular formula is C12H18N2O3S. The van der Waals surface area contributed by atoms with Crippen molar-refractivity contribution >= 4 is 21.7 Å². The summed E-state index contributed by atoms with van der Waals surface area (Å²) >= 11 is 0. The van der Waals surface area contributed by atoms with Gasteiger partial charge >= 0.3 is 0 Å². The lowest BCUT2D eigenvalue weighted by Gasteiger charge is -2.14. The summed E-state index contributed by atoms with van der Waals surface area (Å²) in [6.45, 7) is 6.68. The fourth-order valence-corrected chi connectivity index (χ4v) is 2.62. The highest BCUT2D eigenvalue weighted by Gasteiger charge is 2.13. The molecule has 0 bridgehead atoms. The first-order chi connectivity index (χ1) is 8.21. The number of carbonyl (C=O) groups excluding carboxylic acids is 1. The second-order valence-electron chi connectivity index (χ2n) is 4.46. The highest BCUT2D eigenvalue weighted by Crippen LogP contribution is 2.18. The number of rotatable bonds is 5. The third-order valence-electron chi connectivity index (χ3n) is 2.28. The Bertz CT molecular complexity index is 550. The van der Waals surface area contributed by atoms with Crippen molar-refractivity contribution in [3.8, 4) is 0 Å². The van der Waals surface area contributed by atoms with Gasteiger partial charge in [-0.3, -0.25) is 9.52 Å². The van der Waals surface area contributed by atoms with Gasteiger partial charge in [-0.25, -0.2) is 0 Å².